The summed E-state index contributed by atoms with van der Waals surface area (Å²) >= 11 is 1.35. The largest absolute Gasteiger partial charge is 0.312 e. The SMILES string of the molecule is CC(=O)N1CCc2cc(C(=O)[C@@H](C)Sc3nc4ccccc4c(=O)n3C3CC3)ccc21. The zero-order valence-electron chi connectivity index (χ0n) is 17.5. The number of carbonyl (C=O) groups excluding carboxylic acids is 2. The maximum Gasteiger partial charge on any atom is 0.262 e. The first kappa shape index (κ1) is 20.0. The van der Waals surface area contributed by atoms with Crippen LogP contribution >= 0.6 is 11.8 Å². The highest BCUT2D eigenvalue weighted by molar-refractivity contribution is 8.00. The molecule has 1 fully saturated rings. The number of hydrogen-bond acceptors (Lipinski definition) is 5. The van der Waals surface area contributed by atoms with Gasteiger partial charge in [-0.2, -0.15) is 0 Å². The lowest BCUT2D eigenvalue weighted by Gasteiger charge is -2.17. The number of benzene rings is 2. The third-order valence-corrected chi connectivity index (χ3v) is 7.04. The minimum Gasteiger partial charge on any atom is -0.312 e. The van der Waals surface area contributed by atoms with Crippen LogP contribution in [0, 0.1) is 0 Å². The average molecular weight is 434 g/mol. The van der Waals surface area contributed by atoms with Gasteiger partial charge < -0.3 is 4.90 Å². The molecule has 158 valence electrons. The van der Waals surface area contributed by atoms with Crippen molar-refractivity contribution < 1.29 is 9.59 Å². The van der Waals surface area contributed by atoms with Crippen LogP contribution < -0.4 is 10.5 Å². The molecule has 1 saturated carbocycles. The molecule has 31 heavy (non-hydrogen) atoms. The van der Waals surface area contributed by atoms with Gasteiger partial charge in [0.2, 0.25) is 5.91 Å². The summed E-state index contributed by atoms with van der Waals surface area (Å²) in [6, 6.07) is 13.1. The summed E-state index contributed by atoms with van der Waals surface area (Å²) in [5.74, 6) is 0.0148. The first-order valence-corrected chi connectivity index (χ1v) is 11.4. The fourth-order valence-corrected chi connectivity index (χ4v) is 5.25. The number of rotatable bonds is 5. The number of aromatic nitrogens is 2. The van der Waals surface area contributed by atoms with Crippen molar-refractivity contribution in [2.24, 2.45) is 0 Å². The molecule has 2 aliphatic rings. The summed E-state index contributed by atoms with van der Waals surface area (Å²) in [5, 5.41) is 0.837. The monoisotopic (exact) mass is 433 g/mol. The molecule has 3 aromatic rings. The fourth-order valence-electron chi connectivity index (χ4n) is 4.19. The highest BCUT2D eigenvalue weighted by Gasteiger charge is 2.30. The van der Waals surface area contributed by atoms with Gasteiger partial charge in [0.05, 0.1) is 16.2 Å². The maximum absolute atomic E-state index is 13.2. The number of nitrogens with zero attached hydrogens (tertiary/aromatic N) is 3. The van der Waals surface area contributed by atoms with Gasteiger partial charge in [-0.25, -0.2) is 4.98 Å². The van der Waals surface area contributed by atoms with Crippen molar-refractivity contribution in [1.82, 2.24) is 9.55 Å². The molecule has 1 amide bonds. The van der Waals surface area contributed by atoms with Gasteiger partial charge >= 0.3 is 0 Å². The molecule has 0 unspecified atom stereocenters. The van der Waals surface area contributed by atoms with Crippen LogP contribution in [0.4, 0.5) is 5.69 Å². The summed E-state index contributed by atoms with van der Waals surface area (Å²) in [7, 11) is 0. The molecule has 1 aromatic heterocycles. The van der Waals surface area contributed by atoms with Crippen molar-refractivity contribution in [3.8, 4) is 0 Å². The van der Waals surface area contributed by atoms with Crippen molar-refractivity contribution in [3.63, 3.8) is 0 Å². The highest BCUT2D eigenvalue weighted by atomic mass is 32.2. The van der Waals surface area contributed by atoms with Crippen molar-refractivity contribution in [2.45, 2.75) is 49.6 Å². The molecule has 2 aromatic carbocycles. The molecule has 1 aliphatic carbocycles. The van der Waals surface area contributed by atoms with Gasteiger partial charge in [0.15, 0.2) is 10.9 Å². The van der Waals surface area contributed by atoms with Crippen LogP contribution in [-0.2, 0) is 11.2 Å². The van der Waals surface area contributed by atoms with E-state index < -0.39 is 0 Å². The van der Waals surface area contributed by atoms with E-state index in [4.69, 9.17) is 4.98 Å². The van der Waals surface area contributed by atoms with Gasteiger partial charge in [0, 0.05) is 30.8 Å². The van der Waals surface area contributed by atoms with Crippen LogP contribution in [0.5, 0.6) is 0 Å². The predicted molar refractivity (Wildman–Crippen MR) is 122 cm³/mol. The number of para-hydroxylation sites is 1. The van der Waals surface area contributed by atoms with Crippen LogP contribution in [0.15, 0.2) is 52.4 Å². The number of fused-ring (bicyclic) bond motifs is 2. The van der Waals surface area contributed by atoms with Gasteiger partial charge in [-0.3, -0.25) is 19.0 Å². The zero-order valence-corrected chi connectivity index (χ0v) is 18.3. The Kier molecular flexibility index (Phi) is 4.93. The van der Waals surface area contributed by atoms with Crippen LogP contribution in [0.3, 0.4) is 0 Å². The van der Waals surface area contributed by atoms with E-state index in [9.17, 15) is 14.4 Å². The molecule has 0 radical (unpaired) electrons. The molecule has 0 spiro atoms. The molecule has 1 aliphatic heterocycles. The Labute approximate surface area is 184 Å². The molecule has 7 heteroatoms. The number of Topliss-reactive ketones (excluding diaryl/α,β-unsaturated/α-hetero) is 1. The quantitative estimate of drug-likeness (QED) is 0.345. The molecule has 2 heterocycles. The van der Waals surface area contributed by atoms with Crippen LogP contribution in [0.25, 0.3) is 10.9 Å². The first-order valence-electron chi connectivity index (χ1n) is 10.6. The van der Waals surface area contributed by atoms with Crippen molar-refractivity contribution in [3.05, 3.63) is 63.9 Å². The lowest BCUT2D eigenvalue weighted by Crippen LogP contribution is -2.25. The van der Waals surface area contributed by atoms with E-state index in [0.29, 0.717) is 28.2 Å². The molecular weight excluding hydrogens is 410 g/mol. The number of ketones is 1. The predicted octanol–water partition coefficient (Wildman–Crippen LogP) is 4.00. The van der Waals surface area contributed by atoms with Crippen molar-refractivity contribution >= 4 is 40.0 Å². The molecule has 1 atom stereocenters. The minimum absolute atomic E-state index is 0.00108. The van der Waals surface area contributed by atoms with Gasteiger partial charge in [-0.15, -0.1) is 0 Å². The average Bonchev–Trinajstić information content (AvgIpc) is 3.50. The number of hydrogen-bond donors (Lipinski definition) is 0. The van der Waals surface area contributed by atoms with E-state index in [1.54, 1.807) is 28.5 Å². The molecule has 0 N–H and O–H groups in total. The molecule has 5 rings (SSSR count). The van der Waals surface area contributed by atoms with E-state index in [0.717, 1.165) is 30.5 Å². The Morgan fingerprint density at radius 2 is 1.94 bits per heavy atom. The Morgan fingerprint density at radius 1 is 1.16 bits per heavy atom. The molecular formula is C24H23N3O3S. The van der Waals surface area contributed by atoms with Crippen LogP contribution in [-0.4, -0.2) is 33.0 Å². The second-order valence-corrected chi connectivity index (χ2v) is 9.51. The lowest BCUT2D eigenvalue weighted by atomic mass is 10.0. The summed E-state index contributed by atoms with van der Waals surface area (Å²) in [4.78, 5) is 44.5. The number of thioether (sulfide) groups is 1. The summed E-state index contributed by atoms with van der Waals surface area (Å²) in [6.45, 7) is 4.07. The second kappa shape index (κ2) is 7.64. The Morgan fingerprint density at radius 3 is 2.68 bits per heavy atom. The van der Waals surface area contributed by atoms with Gasteiger partial charge in [0.1, 0.15) is 0 Å². The van der Waals surface area contributed by atoms with Gasteiger partial charge in [-0.1, -0.05) is 23.9 Å². The summed E-state index contributed by atoms with van der Waals surface area (Å²) in [5.41, 5.74) is 3.18. The summed E-state index contributed by atoms with van der Waals surface area (Å²) < 4.78 is 1.77. The lowest BCUT2D eigenvalue weighted by molar-refractivity contribution is -0.116. The number of carbonyl (C=O) groups is 2. The van der Waals surface area contributed by atoms with Crippen LogP contribution in [0.1, 0.15) is 48.7 Å². The van der Waals surface area contributed by atoms with Crippen LogP contribution in [0.2, 0.25) is 0 Å². The smallest absolute Gasteiger partial charge is 0.262 e. The summed E-state index contributed by atoms with van der Waals surface area (Å²) in [6.07, 6.45) is 2.69. The fraction of sp³-hybridized carbons (Fsp3) is 0.333. The first-order chi connectivity index (χ1) is 14.9. The van der Waals surface area contributed by atoms with E-state index >= 15 is 0 Å². The molecule has 6 nitrogen and oxygen atoms in total. The topological polar surface area (TPSA) is 72.3 Å². The third-order valence-electron chi connectivity index (χ3n) is 5.98. The van der Waals surface area contributed by atoms with E-state index in [2.05, 4.69) is 0 Å². The zero-order chi connectivity index (χ0) is 21.7. The van der Waals surface area contributed by atoms with Crippen molar-refractivity contribution in [2.75, 3.05) is 11.4 Å². The normalized spacial score (nSPS) is 16.4. The number of amides is 1. The Bertz CT molecular complexity index is 1280. The Hall–Kier alpha value is -2.93. The standard InChI is InChI=1S/C24H23N3O3S/c1-14(22(29)17-7-10-21-16(13-17)11-12-26(21)15(2)28)31-24-25-20-6-4-3-5-19(20)23(30)27(24)18-8-9-18/h3-7,10,13-14,18H,8-9,11-12H2,1-2H3/t14-/m1/s1. The third kappa shape index (κ3) is 3.57. The van der Waals surface area contributed by atoms with E-state index in [1.807, 2.05) is 37.3 Å². The highest BCUT2D eigenvalue weighted by Crippen LogP contribution is 2.38. The molecule has 0 saturated heterocycles. The minimum atomic E-state index is -0.388. The van der Waals surface area contributed by atoms with Gasteiger partial charge in [0.25, 0.3) is 5.56 Å². The van der Waals surface area contributed by atoms with Gasteiger partial charge in [-0.05, 0) is 62.1 Å². The second-order valence-electron chi connectivity index (χ2n) is 8.21. The number of anilines is 1. The Balaban J connectivity index is 1.44. The van der Waals surface area contributed by atoms with E-state index in [1.165, 1.54) is 11.8 Å². The van der Waals surface area contributed by atoms with Crippen molar-refractivity contribution in [1.29, 1.82) is 0 Å². The van der Waals surface area contributed by atoms with E-state index in [-0.39, 0.29) is 28.5 Å². The molecule has 0 bridgehead atoms. The maximum atomic E-state index is 13.2.